The Bertz CT molecular complexity index is 476. The summed E-state index contributed by atoms with van der Waals surface area (Å²) in [5, 5.41) is 0. The van der Waals surface area contributed by atoms with E-state index in [-0.39, 0.29) is 17.9 Å². The quantitative estimate of drug-likeness (QED) is 0.162. The van der Waals surface area contributed by atoms with Crippen molar-refractivity contribution in [3.05, 3.63) is 0 Å². The molecule has 1 aliphatic carbocycles. The van der Waals surface area contributed by atoms with E-state index in [1.54, 1.807) is 0 Å². The topological polar surface area (TPSA) is 52.6 Å². The molecule has 4 nitrogen and oxygen atoms in total. The van der Waals surface area contributed by atoms with Gasteiger partial charge in [-0.05, 0) is 32.6 Å². The molecule has 0 amide bonds. The van der Waals surface area contributed by atoms with Crippen LogP contribution in [0.3, 0.4) is 0 Å². The van der Waals surface area contributed by atoms with Gasteiger partial charge >= 0.3 is 11.9 Å². The lowest BCUT2D eigenvalue weighted by Crippen LogP contribution is -2.44. The molecule has 1 aliphatic rings. The van der Waals surface area contributed by atoms with E-state index in [0.29, 0.717) is 13.2 Å². The van der Waals surface area contributed by atoms with E-state index in [1.807, 2.05) is 6.92 Å². The highest BCUT2D eigenvalue weighted by atomic mass is 16.5. The average Bonchev–Trinajstić information content (AvgIpc) is 2.77. The van der Waals surface area contributed by atoms with Crippen LogP contribution in [0, 0.1) is 11.3 Å². The Morgan fingerprint density at radius 3 is 1.74 bits per heavy atom. The van der Waals surface area contributed by atoms with Gasteiger partial charge in [-0.15, -0.1) is 0 Å². The number of carbonyl (C=O) groups is 2. The maximum absolute atomic E-state index is 12.9. The van der Waals surface area contributed by atoms with E-state index in [2.05, 4.69) is 13.8 Å². The number of hydrogen-bond donors (Lipinski definition) is 0. The summed E-state index contributed by atoms with van der Waals surface area (Å²) in [5.74, 6) is -0.746. The first-order valence-electron chi connectivity index (χ1n) is 13.4. The molecule has 0 aliphatic heterocycles. The van der Waals surface area contributed by atoms with Crippen molar-refractivity contribution in [3.63, 3.8) is 0 Å². The monoisotopic (exact) mass is 438 g/mol. The first kappa shape index (κ1) is 28.0. The average molecular weight is 439 g/mol. The molecule has 0 N–H and O–H groups in total. The maximum Gasteiger partial charge on any atom is 0.312 e. The SMILES string of the molecule is CCCCCCCCCOC(=O)C1CCCCC1(C)C(=O)OCCCCCCCCC. The van der Waals surface area contributed by atoms with Crippen LogP contribution in [0.1, 0.15) is 136 Å². The zero-order chi connectivity index (χ0) is 22.8. The summed E-state index contributed by atoms with van der Waals surface area (Å²) in [4.78, 5) is 25.6. The molecule has 2 atom stereocenters. The second-order valence-corrected chi connectivity index (χ2v) is 9.76. The molecule has 0 radical (unpaired) electrons. The molecule has 2 unspecified atom stereocenters. The molecule has 1 fully saturated rings. The van der Waals surface area contributed by atoms with Crippen LogP contribution in [0.2, 0.25) is 0 Å². The zero-order valence-electron chi connectivity index (χ0n) is 20.9. The summed E-state index contributed by atoms with van der Waals surface area (Å²) in [6.07, 6.45) is 20.2. The normalized spacial score (nSPS) is 21.1. The Kier molecular flexibility index (Phi) is 15.8. The minimum atomic E-state index is -0.726. The Balaban J connectivity index is 2.30. The van der Waals surface area contributed by atoms with Crippen molar-refractivity contribution in [3.8, 4) is 0 Å². The fraction of sp³-hybridized carbons (Fsp3) is 0.926. The molecular formula is C27H50O4. The fourth-order valence-electron chi connectivity index (χ4n) is 4.68. The maximum atomic E-state index is 12.9. The van der Waals surface area contributed by atoms with Crippen molar-refractivity contribution in [1.82, 2.24) is 0 Å². The minimum Gasteiger partial charge on any atom is -0.465 e. The summed E-state index contributed by atoms with van der Waals surface area (Å²) >= 11 is 0. The zero-order valence-corrected chi connectivity index (χ0v) is 20.9. The minimum absolute atomic E-state index is 0.193. The van der Waals surface area contributed by atoms with Crippen molar-refractivity contribution >= 4 is 11.9 Å². The van der Waals surface area contributed by atoms with Gasteiger partial charge in [0.05, 0.1) is 24.5 Å². The fourth-order valence-corrected chi connectivity index (χ4v) is 4.68. The molecular weight excluding hydrogens is 388 g/mol. The smallest absolute Gasteiger partial charge is 0.312 e. The predicted molar refractivity (Wildman–Crippen MR) is 128 cm³/mol. The van der Waals surface area contributed by atoms with Crippen LogP contribution < -0.4 is 0 Å². The second kappa shape index (κ2) is 17.5. The molecule has 0 saturated heterocycles. The van der Waals surface area contributed by atoms with Crippen molar-refractivity contribution in [1.29, 1.82) is 0 Å². The molecule has 1 rings (SSSR count). The molecule has 0 aromatic heterocycles. The van der Waals surface area contributed by atoms with Crippen LogP contribution in [-0.2, 0) is 19.1 Å². The van der Waals surface area contributed by atoms with Crippen molar-refractivity contribution in [2.24, 2.45) is 11.3 Å². The van der Waals surface area contributed by atoms with Gasteiger partial charge in [-0.1, -0.05) is 104 Å². The number of unbranched alkanes of at least 4 members (excludes halogenated alkanes) is 12. The molecule has 0 heterocycles. The van der Waals surface area contributed by atoms with E-state index < -0.39 is 5.41 Å². The van der Waals surface area contributed by atoms with Gasteiger partial charge in [0.15, 0.2) is 0 Å². The van der Waals surface area contributed by atoms with Crippen molar-refractivity contribution in [2.45, 2.75) is 136 Å². The van der Waals surface area contributed by atoms with Gasteiger partial charge in [0.2, 0.25) is 0 Å². The summed E-state index contributed by atoms with van der Waals surface area (Å²) in [5.41, 5.74) is -0.726. The van der Waals surface area contributed by atoms with Crippen LogP contribution in [0.5, 0.6) is 0 Å². The molecule has 182 valence electrons. The molecule has 0 bridgehead atoms. The van der Waals surface area contributed by atoms with Crippen molar-refractivity contribution < 1.29 is 19.1 Å². The molecule has 0 aromatic rings. The van der Waals surface area contributed by atoms with Crippen LogP contribution in [0.15, 0.2) is 0 Å². The first-order valence-corrected chi connectivity index (χ1v) is 13.4. The number of hydrogen-bond acceptors (Lipinski definition) is 4. The highest BCUT2D eigenvalue weighted by Crippen LogP contribution is 2.43. The van der Waals surface area contributed by atoms with E-state index in [1.165, 1.54) is 64.2 Å². The number of ether oxygens (including phenoxy) is 2. The summed E-state index contributed by atoms with van der Waals surface area (Å²) in [6, 6.07) is 0. The third kappa shape index (κ3) is 11.4. The number of rotatable bonds is 18. The Labute approximate surface area is 192 Å². The van der Waals surface area contributed by atoms with E-state index in [0.717, 1.165) is 51.4 Å². The van der Waals surface area contributed by atoms with Gasteiger partial charge in [-0.3, -0.25) is 9.59 Å². The van der Waals surface area contributed by atoms with Crippen LogP contribution in [0.4, 0.5) is 0 Å². The van der Waals surface area contributed by atoms with Gasteiger partial charge in [0.25, 0.3) is 0 Å². The molecule has 0 spiro atoms. The molecule has 0 aromatic carbocycles. The van der Waals surface area contributed by atoms with Crippen molar-refractivity contribution in [2.75, 3.05) is 13.2 Å². The van der Waals surface area contributed by atoms with Gasteiger partial charge in [0.1, 0.15) is 0 Å². The third-order valence-electron chi connectivity index (χ3n) is 6.93. The highest BCUT2D eigenvalue weighted by molar-refractivity contribution is 5.85. The first-order chi connectivity index (χ1) is 15.1. The van der Waals surface area contributed by atoms with Gasteiger partial charge < -0.3 is 9.47 Å². The largest absolute Gasteiger partial charge is 0.465 e. The van der Waals surface area contributed by atoms with Gasteiger partial charge in [-0.2, -0.15) is 0 Å². The van der Waals surface area contributed by atoms with Crippen LogP contribution in [-0.4, -0.2) is 25.2 Å². The summed E-state index contributed by atoms with van der Waals surface area (Å²) in [7, 11) is 0. The lowest BCUT2D eigenvalue weighted by molar-refractivity contribution is -0.172. The molecule has 31 heavy (non-hydrogen) atoms. The van der Waals surface area contributed by atoms with Crippen LogP contribution >= 0.6 is 0 Å². The lowest BCUT2D eigenvalue weighted by atomic mass is 9.67. The summed E-state index contributed by atoms with van der Waals surface area (Å²) in [6.45, 7) is 7.32. The standard InChI is InChI=1S/C27H50O4/c1-4-6-8-10-12-14-18-22-30-25(28)24-20-16-17-21-27(24,3)26(29)31-23-19-15-13-11-9-7-5-2/h24H,4-23H2,1-3H3. The molecule has 4 heteroatoms. The summed E-state index contributed by atoms with van der Waals surface area (Å²) < 4.78 is 11.2. The second-order valence-electron chi connectivity index (χ2n) is 9.76. The van der Waals surface area contributed by atoms with Gasteiger partial charge in [0, 0.05) is 0 Å². The Morgan fingerprint density at radius 2 is 1.19 bits per heavy atom. The van der Waals surface area contributed by atoms with Gasteiger partial charge in [-0.25, -0.2) is 0 Å². The Morgan fingerprint density at radius 1 is 0.710 bits per heavy atom. The third-order valence-corrected chi connectivity index (χ3v) is 6.93. The van der Waals surface area contributed by atoms with E-state index >= 15 is 0 Å². The van der Waals surface area contributed by atoms with Crippen LogP contribution in [0.25, 0.3) is 0 Å². The van der Waals surface area contributed by atoms with E-state index in [4.69, 9.17) is 9.47 Å². The predicted octanol–water partition coefficient (Wildman–Crippen LogP) is 7.77. The number of carbonyl (C=O) groups excluding carboxylic acids is 2. The van der Waals surface area contributed by atoms with E-state index in [9.17, 15) is 9.59 Å². The molecule has 1 saturated carbocycles. The number of esters is 2. The lowest BCUT2D eigenvalue weighted by Gasteiger charge is -2.37. The highest BCUT2D eigenvalue weighted by Gasteiger charge is 2.48. The Hall–Kier alpha value is -1.06.